The lowest BCUT2D eigenvalue weighted by atomic mass is 10.2. The maximum Gasteiger partial charge on any atom is 0.274 e. The van der Waals surface area contributed by atoms with Gasteiger partial charge in [-0.25, -0.2) is 9.37 Å². The molecule has 0 saturated carbocycles. The zero-order valence-corrected chi connectivity index (χ0v) is 15.3. The quantitative estimate of drug-likeness (QED) is 0.678. The summed E-state index contributed by atoms with van der Waals surface area (Å²) in [6, 6.07) is 8.95. The van der Waals surface area contributed by atoms with Gasteiger partial charge in [-0.2, -0.15) is 0 Å². The molecule has 0 aliphatic heterocycles. The smallest absolute Gasteiger partial charge is 0.274 e. The Balaban J connectivity index is 1.66. The molecule has 0 saturated heterocycles. The van der Waals surface area contributed by atoms with Crippen molar-refractivity contribution in [3.63, 3.8) is 0 Å². The summed E-state index contributed by atoms with van der Waals surface area (Å²) in [5, 5.41) is 2.67. The maximum absolute atomic E-state index is 13.0. The van der Waals surface area contributed by atoms with Crippen LogP contribution in [0.4, 0.5) is 10.1 Å². The fourth-order valence-corrected chi connectivity index (χ4v) is 2.50. The van der Waals surface area contributed by atoms with E-state index in [0.717, 1.165) is 0 Å². The number of nitrogens with one attached hydrogen (secondary N) is 1. The lowest BCUT2D eigenvalue weighted by Crippen LogP contribution is -2.34. The van der Waals surface area contributed by atoms with E-state index in [0.29, 0.717) is 17.1 Å². The summed E-state index contributed by atoms with van der Waals surface area (Å²) < 4.78 is 18.3. The summed E-state index contributed by atoms with van der Waals surface area (Å²) >= 11 is 0. The molecule has 3 rings (SSSR count). The fraction of sp³-hybridized carbons (Fsp3) is 0.200. The average molecular weight is 382 g/mol. The molecule has 0 unspecified atom stereocenters. The minimum absolute atomic E-state index is 0.0586. The highest BCUT2D eigenvalue weighted by Crippen LogP contribution is 2.12. The van der Waals surface area contributed by atoms with Crippen LogP contribution >= 0.6 is 0 Å². The van der Waals surface area contributed by atoms with Crippen molar-refractivity contribution in [2.45, 2.75) is 19.9 Å². The number of carbonyl (C=O) groups is 2. The molecule has 0 aliphatic carbocycles. The Labute approximate surface area is 161 Å². The van der Waals surface area contributed by atoms with Crippen molar-refractivity contribution < 1.29 is 18.4 Å². The van der Waals surface area contributed by atoms with Gasteiger partial charge in [0.05, 0.1) is 24.7 Å². The monoisotopic (exact) mass is 382 g/mol. The number of aryl methyl sites for hydroxylation is 1. The lowest BCUT2D eigenvalue weighted by Gasteiger charge is -2.21. The molecule has 0 radical (unpaired) electrons. The fourth-order valence-electron chi connectivity index (χ4n) is 2.50. The summed E-state index contributed by atoms with van der Waals surface area (Å²) in [6.07, 6.45) is 4.50. The number of furan rings is 1. The van der Waals surface area contributed by atoms with Crippen molar-refractivity contribution in [3.8, 4) is 0 Å². The molecular formula is C20H19FN4O3. The minimum atomic E-state index is -0.382. The molecule has 0 atom stereocenters. The van der Waals surface area contributed by atoms with E-state index >= 15 is 0 Å². The van der Waals surface area contributed by atoms with Gasteiger partial charge < -0.3 is 14.6 Å². The Kier molecular flexibility index (Phi) is 6.11. The number of anilines is 1. The third-order valence-corrected chi connectivity index (χ3v) is 3.95. The Morgan fingerprint density at radius 3 is 2.57 bits per heavy atom. The molecule has 28 heavy (non-hydrogen) atoms. The Hall–Kier alpha value is -3.55. The van der Waals surface area contributed by atoms with Crippen LogP contribution in [0.3, 0.4) is 0 Å². The van der Waals surface area contributed by atoms with E-state index in [1.54, 1.807) is 19.1 Å². The van der Waals surface area contributed by atoms with Gasteiger partial charge in [0.25, 0.3) is 5.91 Å². The zero-order chi connectivity index (χ0) is 19.9. The molecule has 1 aromatic carbocycles. The van der Waals surface area contributed by atoms with Crippen LogP contribution in [0.15, 0.2) is 59.5 Å². The van der Waals surface area contributed by atoms with E-state index in [2.05, 4.69) is 15.3 Å². The van der Waals surface area contributed by atoms with Crippen LogP contribution in [0.25, 0.3) is 0 Å². The van der Waals surface area contributed by atoms with Crippen molar-refractivity contribution in [2.75, 3.05) is 11.9 Å². The number of hydrogen-bond acceptors (Lipinski definition) is 5. The molecule has 1 N–H and O–H groups in total. The SMILES string of the molecule is Cc1cnc(C(=O)N(CCC(=O)Nc2ccc(F)cc2)Cc2ccco2)cn1. The van der Waals surface area contributed by atoms with Gasteiger partial charge in [0.2, 0.25) is 5.91 Å². The standard InChI is InChI=1S/C20H19FN4O3/c1-14-11-23-18(12-22-14)20(27)25(13-17-3-2-10-28-17)9-8-19(26)24-16-6-4-15(21)5-7-16/h2-7,10-12H,8-9,13H2,1H3,(H,24,26). The Morgan fingerprint density at radius 2 is 1.93 bits per heavy atom. The van der Waals surface area contributed by atoms with Crippen LogP contribution in [-0.4, -0.2) is 33.2 Å². The molecule has 2 amide bonds. The summed E-state index contributed by atoms with van der Waals surface area (Å²) in [7, 11) is 0. The van der Waals surface area contributed by atoms with Gasteiger partial charge in [0.15, 0.2) is 0 Å². The molecule has 3 aromatic rings. The molecule has 8 heteroatoms. The molecule has 7 nitrogen and oxygen atoms in total. The number of aromatic nitrogens is 2. The van der Waals surface area contributed by atoms with Crippen LogP contribution in [0.2, 0.25) is 0 Å². The molecule has 0 aliphatic rings. The number of carbonyl (C=O) groups excluding carboxylic acids is 2. The summed E-state index contributed by atoms with van der Waals surface area (Å²) in [5.74, 6) is -0.433. The highest BCUT2D eigenvalue weighted by molar-refractivity contribution is 5.93. The van der Waals surface area contributed by atoms with E-state index in [1.807, 2.05) is 0 Å². The van der Waals surface area contributed by atoms with Gasteiger partial charge >= 0.3 is 0 Å². The molecule has 0 fully saturated rings. The van der Waals surface area contributed by atoms with E-state index in [4.69, 9.17) is 4.42 Å². The summed E-state index contributed by atoms with van der Waals surface area (Å²) in [4.78, 5) is 34.7. The predicted octanol–water partition coefficient (Wildman–Crippen LogP) is 3.19. The largest absolute Gasteiger partial charge is 0.467 e. The first-order valence-corrected chi connectivity index (χ1v) is 8.67. The van der Waals surface area contributed by atoms with Crippen molar-refractivity contribution in [3.05, 3.63) is 78.0 Å². The molecule has 0 bridgehead atoms. The molecular weight excluding hydrogens is 363 g/mol. The lowest BCUT2D eigenvalue weighted by molar-refractivity contribution is -0.116. The molecule has 0 spiro atoms. The Morgan fingerprint density at radius 1 is 1.14 bits per heavy atom. The number of rotatable bonds is 7. The second kappa shape index (κ2) is 8.90. The molecule has 144 valence electrons. The molecule has 2 aromatic heterocycles. The average Bonchev–Trinajstić information content (AvgIpc) is 3.20. The van der Waals surface area contributed by atoms with E-state index in [1.165, 1.54) is 47.8 Å². The highest BCUT2D eigenvalue weighted by atomic mass is 19.1. The normalized spacial score (nSPS) is 10.5. The zero-order valence-electron chi connectivity index (χ0n) is 15.3. The first kappa shape index (κ1) is 19.2. The van der Waals surface area contributed by atoms with Crippen molar-refractivity contribution >= 4 is 17.5 Å². The second-order valence-corrected chi connectivity index (χ2v) is 6.15. The molecule has 2 heterocycles. The third-order valence-electron chi connectivity index (χ3n) is 3.95. The third kappa shape index (κ3) is 5.23. The van der Waals surface area contributed by atoms with E-state index in [-0.39, 0.29) is 42.8 Å². The predicted molar refractivity (Wildman–Crippen MR) is 99.9 cm³/mol. The van der Waals surface area contributed by atoms with Gasteiger partial charge in [-0.1, -0.05) is 0 Å². The van der Waals surface area contributed by atoms with Crippen LogP contribution in [0, 0.1) is 12.7 Å². The first-order valence-electron chi connectivity index (χ1n) is 8.67. The highest BCUT2D eigenvalue weighted by Gasteiger charge is 2.20. The number of nitrogens with zero attached hydrogens (tertiary/aromatic N) is 3. The van der Waals surface area contributed by atoms with Gasteiger partial charge in [-0.15, -0.1) is 0 Å². The summed E-state index contributed by atoms with van der Waals surface area (Å²) in [6.45, 7) is 2.13. The van der Waals surface area contributed by atoms with Crippen LogP contribution < -0.4 is 5.32 Å². The minimum Gasteiger partial charge on any atom is -0.467 e. The maximum atomic E-state index is 13.0. The first-order chi connectivity index (χ1) is 13.5. The number of hydrogen-bond donors (Lipinski definition) is 1. The number of halogens is 1. The van der Waals surface area contributed by atoms with Crippen LogP contribution in [0.1, 0.15) is 28.4 Å². The second-order valence-electron chi connectivity index (χ2n) is 6.15. The van der Waals surface area contributed by atoms with E-state index in [9.17, 15) is 14.0 Å². The van der Waals surface area contributed by atoms with E-state index < -0.39 is 0 Å². The number of amides is 2. The van der Waals surface area contributed by atoms with Gasteiger partial charge in [0.1, 0.15) is 17.3 Å². The number of benzene rings is 1. The Bertz CT molecular complexity index is 925. The van der Waals surface area contributed by atoms with Crippen LogP contribution in [0.5, 0.6) is 0 Å². The van der Waals surface area contributed by atoms with Gasteiger partial charge in [-0.05, 0) is 43.3 Å². The van der Waals surface area contributed by atoms with Crippen LogP contribution in [-0.2, 0) is 11.3 Å². The van der Waals surface area contributed by atoms with Gasteiger partial charge in [0, 0.05) is 24.8 Å². The summed E-state index contributed by atoms with van der Waals surface area (Å²) in [5.41, 5.74) is 1.38. The van der Waals surface area contributed by atoms with Crippen molar-refractivity contribution in [2.24, 2.45) is 0 Å². The van der Waals surface area contributed by atoms with Crippen molar-refractivity contribution in [1.82, 2.24) is 14.9 Å². The van der Waals surface area contributed by atoms with Crippen molar-refractivity contribution in [1.29, 1.82) is 0 Å². The van der Waals surface area contributed by atoms with Gasteiger partial charge in [-0.3, -0.25) is 14.6 Å². The topological polar surface area (TPSA) is 88.3 Å².